The first-order valence-corrected chi connectivity index (χ1v) is 19.0. The summed E-state index contributed by atoms with van der Waals surface area (Å²) in [5, 5.41) is 2.51. The van der Waals surface area contributed by atoms with Crippen LogP contribution in [-0.2, 0) is 0 Å². The number of benzene rings is 8. The third-order valence-electron chi connectivity index (χ3n) is 10.6. The Morgan fingerprint density at radius 2 is 0.750 bits per heavy atom. The van der Waals surface area contributed by atoms with E-state index < -0.39 is 0 Å². The van der Waals surface area contributed by atoms with Crippen LogP contribution in [0.15, 0.2) is 224 Å². The molecule has 0 fully saturated rings. The van der Waals surface area contributed by atoms with Crippen molar-refractivity contribution in [2.45, 2.75) is 0 Å². The molecule has 3 nitrogen and oxygen atoms in total. The molecule has 264 valence electrons. The fourth-order valence-electron chi connectivity index (χ4n) is 7.85. The monoisotopic (exact) mass is 715 g/mol. The second-order valence-electron chi connectivity index (χ2n) is 14.0. The molecule has 0 saturated heterocycles. The average molecular weight is 716 g/mol. The fraction of sp³-hybridized carbons (Fsp3) is 0. The third kappa shape index (κ3) is 6.21. The van der Waals surface area contributed by atoms with Gasteiger partial charge in [-0.15, -0.1) is 0 Å². The minimum absolute atomic E-state index is 0.940. The van der Waals surface area contributed by atoms with Gasteiger partial charge in [-0.2, -0.15) is 0 Å². The molecular weight excluding hydrogens is 679 g/mol. The number of fused-ring (bicyclic) bond motifs is 3. The van der Waals surface area contributed by atoms with Crippen LogP contribution in [0.25, 0.3) is 72.3 Å². The van der Waals surface area contributed by atoms with Gasteiger partial charge in [-0.05, 0) is 95.1 Å². The topological polar surface area (TPSA) is 21.1 Å². The van der Waals surface area contributed by atoms with E-state index in [2.05, 4.69) is 228 Å². The summed E-state index contributed by atoms with van der Waals surface area (Å²) in [5.74, 6) is 0. The minimum Gasteiger partial charge on any atom is -0.311 e. The summed E-state index contributed by atoms with van der Waals surface area (Å²) in [7, 11) is 0. The van der Waals surface area contributed by atoms with Gasteiger partial charge < -0.3 is 9.47 Å². The first-order chi connectivity index (χ1) is 27.8. The molecule has 0 atom stereocenters. The molecule has 0 aliphatic carbocycles. The number of anilines is 3. The Balaban J connectivity index is 1.02. The lowest BCUT2D eigenvalue weighted by atomic mass is 10.00. The number of hydrogen-bond acceptors (Lipinski definition) is 2. The lowest BCUT2D eigenvalue weighted by Crippen LogP contribution is -2.09. The van der Waals surface area contributed by atoms with Gasteiger partial charge in [-0.3, -0.25) is 0 Å². The number of para-hydroxylation sites is 3. The first-order valence-electron chi connectivity index (χ1n) is 19.0. The molecule has 3 heteroatoms. The van der Waals surface area contributed by atoms with Crippen molar-refractivity contribution in [3.8, 4) is 50.5 Å². The summed E-state index contributed by atoms with van der Waals surface area (Å²) in [6.07, 6.45) is 0. The van der Waals surface area contributed by atoms with E-state index in [1.54, 1.807) is 0 Å². The lowest BCUT2D eigenvalue weighted by molar-refractivity contribution is 1.18. The largest absolute Gasteiger partial charge is 0.311 e. The van der Waals surface area contributed by atoms with Crippen molar-refractivity contribution in [1.82, 2.24) is 9.55 Å². The van der Waals surface area contributed by atoms with Gasteiger partial charge in [0, 0.05) is 44.6 Å². The SMILES string of the molecule is c1ccc(-c2cc(-c3ccccc3)nc(-c3ccc(N(c4ccccc4)c4ccc(-c5ccc6c7ccccc7n(-c7ccccc7)c6c5)cc4)cc3)c2)cc1. The number of nitrogens with zero attached hydrogens (tertiary/aromatic N) is 3. The van der Waals surface area contributed by atoms with Crippen LogP contribution >= 0.6 is 0 Å². The molecule has 0 unspecified atom stereocenters. The van der Waals surface area contributed by atoms with E-state index >= 15 is 0 Å². The van der Waals surface area contributed by atoms with Gasteiger partial charge in [0.25, 0.3) is 0 Å². The van der Waals surface area contributed by atoms with Crippen LogP contribution in [0.4, 0.5) is 17.1 Å². The molecule has 0 N–H and O–H groups in total. The second-order valence-corrected chi connectivity index (χ2v) is 14.0. The van der Waals surface area contributed by atoms with Gasteiger partial charge in [-0.1, -0.05) is 152 Å². The Morgan fingerprint density at radius 1 is 0.304 bits per heavy atom. The molecule has 2 aromatic heterocycles. The molecule has 0 spiro atoms. The van der Waals surface area contributed by atoms with E-state index in [1.165, 1.54) is 38.5 Å². The fourth-order valence-corrected chi connectivity index (χ4v) is 7.85. The van der Waals surface area contributed by atoms with E-state index in [0.717, 1.165) is 50.8 Å². The predicted octanol–water partition coefficient (Wildman–Crippen LogP) is 14.3. The quantitative estimate of drug-likeness (QED) is 0.156. The normalized spacial score (nSPS) is 11.2. The van der Waals surface area contributed by atoms with Crippen molar-refractivity contribution in [2.75, 3.05) is 4.90 Å². The highest BCUT2D eigenvalue weighted by Gasteiger charge is 2.16. The summed E-state index contributed by atoms with van der Waals surface area (Å²) < 4.78 is 2.37. The van der Waals surface area contributed by atoms with E-state index in [-0.39, 0.29) is 0 Å². The third-order valence-corrected chi connectivity index (χ3v) is 10.6. The Bertz CT molecular complexity index is 2860. The van der Waals surface area contributed by atoms with E-state index in [4.69, 9.17) is 4.98 Å². The summed E-state index contributed by atoms with van der Waals surface area (Å²) in [4.78, 5) is 7.48. The summed E-state index contributed by atoms with van der Waals surface area (Å²) in [5.41, 5.74) is 15.5. The first kappa shape index (κ1) is 33.1. The zero-order valence-electron chi connectivity index (χ0n) is 30.7. The molecule has 0 saturated carbocycles. The maximum atomic E-state index is 5.17. The zero-order valence-corrected chi connectivity index (χ0v) is 30.7. The molecule has 0 amide bonds. The molecular formula is C53H37N3. The second kappa shape index (κ2) is 14.4. The molecule has 10 aromatic rings. The van der Waals surface area contributed by atoms with Crippen molar-refractivity contribution in [1.29, 1.82) is 0 Å². The summed E-state index contributed by atoms with van der Waals surface area (Å²) in [6.45, 7) is 0. The Kier molecular flexibility index (Phi) is 8.51. The van der Waals surface area contributed by atoms with Gasteiger partial charge in [0.05, 0.1) is 22.4 Å². The van der Waals surface area contributed by atoms with Gasteiger partial charge in [0.1, 0.15) is 0 Å². The van der Waals surface area contributed by atoms with Crippen molar-refractivity contribution < 1.29 is 0 Å². The Labute approximate surface area is 327 Å². The van der Waals surface area contributed by atoms with Crippen molar-refractivity contribution in [2.24, 2.45) is 0 Å². The van der Waals surface area contributed by atoms with E-state index in [9.17, 15) is 0 Å². The lowest BCUT2D eigenvalue weighted by Gasteiger charge is -2.26. The molecule has 2 heterocycles. The highest BCUT2D eigenvalue weighted by molar-refractivity contribution is 6.10. The number of rotatable bonds is 8. The van der Waals surface area contributed by atoms with Gasteiger partial charge in [-0.25, -0.2) is 4.98 Å². The molecule has 0 aliphatic rings. The standard InChI is InChI=1S/C53H37N3/c1-5-15-38(16-6-1)43-35-50(40-17-7-2-8-18-40)54-51(36-43)41-27-32-47(33-28-41)55(44-19-9-3-10-20-44)46-30-25-39(26-31-46)42-29-34-49-48-23-13-14-24-52(48)56(53(49)37-42)45-21-11-4-12-22-45/h1-37H. The number of hydrogen-bond donors (Lipinski definition) is 0. The zero-order chi connectivity index (χ0) is 37.3. The van der Waals surface area contributed by atoms with Crippen LogP contribution in [0.1, 0.15) is 0 Å². The Morgan fingerprint density at radius 3 is 1.39 bits per heavy atom. The van der Waals surface area contributed by atoms with E-state index in [1.807, 2.05) is 6.07 Å². The molecule has 10 rings (SSSR count). The molecule has 0 radical (unpaired) electrons. The number of aromatic nitrogens is 2. The highest BCUT2D eigenvalue weighted by Crippen LogP contribution is 2.39. The number of pyridine rings is 1. The van der Waals surface area contributed by atoms with Crippen LogP contribution in [-0.4, -0.2) is 9.55 Å². The molecule has 8 aromatic carbocycles. The summed E-state index contributed by atoms with van der Waals surface area (Å²) in [6, 6.07) is 79.8. The Hall–Kier alpha value is -7.49. The molecule has 56 heavy (non-hydrogen) atoms. The maximum Gasteiger partial charge on any atom is 0.0715 e. The average Bonchev–Trinajstić information content (AvgIpc) is 3.62. The van der Waals surface area contributed by atoms with Crippen molar-refractivity contribution >= 4 is 38.9 Å². The van der Waals surface area contributed by atoms with Gasteiger partial charge in [0.15, 0.2) is 0 Å². The maximum absolute atomic E-state index is 5.17. The van der Waals surface area contributed by atoms with Crippen LogP contribution < -0.4 is 4.90 Å². The smallest absolute Gasteiger partial charge is 0.0715 e. The highest BCUT2D eigenvalue weighted by atomic mass is 15.1. The molecule has 0 aliphatic heterocycles. The van der Waals surface area contributed by atoms with Crippen LogP contribution in [0, 0.1) is 0 Å². The van der Waals surface area contributed by atoms with Gasteiger partial charge >= 0.3 is 0 Å². The van der Waals surface area contributed by atoms with Crippen LogP contribution in [0.5, 0.6) is 0 Å². The minimum atomic E-state index is 0.940. The van der Waals surface area contributed by atoms with E-state index in [0.29, 0.717) is 0 Å². The molecule has 0 bridgehead atoms. The van der Waals surface area contributed by atoms with Crippen molar-refractivity contribution in [3.63, 3.8) is 0 Å². The van der Waals surface area contributed by atoms with Gasteiger partial charge in [0.2, 0.25) is 0 Å². The van der Waals surface area contributed by atoms with Crippen molar-refractivity contribution in [3.05, 3.63) is 224 Å². The van der Waals surface area contributed by atoms with Crippen LogP contribution in [0.3, 0.4) is 0 Å². The predicted molar refractivity (Wildman–Crippen MR) is 235 cm³/mol. The van der Waals surface area contributed by atoms with Crippen LogP contribution in [0.2, 0.25) is 0 Å². The summed E-state index contributed by atoms with van der Waals surface area (Å²) >= 11 is 0.